The van der Waals surface area contributed by atoms with Crippen LogP contribution in [0.15, 0.2) is 24.3 Å². The van der Waals surface area contributed by atoms with E-state index in [2.05, 4.69) is 17.2 Å². The van der Waals surface area contributed by atoms with Gasteiger partial charge in [-0.25, -0.2) is 0 Å². The van der Waals surface area contributed by atoms with Crippen molar-refractivity contribution in [1.82, 2.24) is 0 Å². The number of para-hydroxylation sites is 1. The summed E-state index contributed by atoms with van der Waals surface area (Å²) in [4.78, 5) is 12.4. The first-order valence-electron chi connectivity index (χ1n) is 7.36. The number of hydrogen-bond acceptors (Lipinski definition) is 2. The van der Waals surface area contributed by atoms with Crippen molar-refractivity contribution in [3.63, 3.8) is 0 Å². The Morgan fingerprint density at radius 2 is 2.15 bits per heavy atom. The first-order chi connectivity index (χ1) is 9.78. The summed E-state index contributed by atoms with van der Waals surface area (Å²) >= 11 is 0. The van der Waals surface area contributed by atoms with Crippen molar-refractivity contribution in [2.45, 2.75) is 25.7 Å². The Balaban J connectivity index is 1.73. The quantitative estimate of drug-likeness (QED) is 0.809. The lowest BCUT2D eigenvalue weighted by Gasteiger charge is -2.21. The molecule has 3 unspecified atom stereocenters. The molecule has 0 radical (unpaired) electrons. The molecule has 1 amide bonds. The van der Waals surface area contributed by atoms with Gasteiger partial charge in [-0.15, -0.1) is 0 Å². The van der Waals surface area contributed by atoms with Gasteiger partial charge in [-0.3, -0.25) is 4.79 Å². The molecule has 0 heterocycles. The van der Waals surface area contributed by atoms with Crippen LogP contribution in [0.5, 0.6) is 0 Å². The fourth-order valence-electron chi connectivity index (χ4n) is 3.64. The molecule has 0 aromatic heterocycles. The molecule has 20 heavy (non-hydrogen) atoms. The van der Waals surface area contributed by atoms with Gasteiger partial charge in [0.05, 0.1) is 12.2 Å². The molecule has 3 N–H and O–H groups in total. The van der Waals surface area contributed by atoms with Gasteiger partial charge in [-0.1, -0.05) is 30.4 Å². The number of benzene rings is 1. The summed E-state index contributed by atoms with van der Waals surface area (Å²) in [5.41, 5.74) is 7.06. The maximum atomic E-state index is 12.4. The number of carbonyl (C=O) groups excluding carboxylic acids is 1. The number of fused-ring (bicyclic) bond motifs is 2. The lowest BCUT2D eigenvalue weighted by atomic mass is 9.88. The fourth-order valence-corrected chi connectivity index (χ4v) is 3.64. The zero-order chi connectivity index (χ0) is 13.9. The Kier molecular flexibility index (Phi) is 3.75. The number of anilines is 1. The topological polar surface area (TPSA) is 55.1 Å². The molecule has 2 aliphatic carbocycles. The van der Waals surface area contributed by atoms with E-state index < -0.39 is 0 Å². The third-order valence-electron chi connectivity index (χ3n) is 4.58. The largest absolute Gasteiger partial charge is 0.325 e. The molecule has 104 valence electrons. The second-order valence-corrected chi connectivity index (χ2v) is 5.82. The van der Waals surface area contributed by atoms with Gasteiger partial charge in [0.15, 0.2) is 0 Å². The summed E-state index contributed by atoms with van der Waals surface area (Å²) in [6.07, 6.45) is 4.84. The van der Waals surface area contributed by atoms with Gasteiger partial charge in [-0.2, -0.15) is 0 Å². The lowest BCUT2D eigenvalue weighted by molar-refractivity contribution is -0.121. The smallest absolute Gasteiger partial charge is 0.227 e. The molecule has 0 saturated heterocycles. The highest BCUT2D eigenvalue weighted by molar-refractivity contribution is 5.94. The van der Waals surface area contributed by atoms with Crippen LogP contribution in [0.1, 0.15) is 31.2 Å². The number of nitrogens with one attached hydrogen (secondary N) is 1. The molecular weight excluding hydrogens is 248 g/mol. The van der Waals surface area contributed by atoms with Crippen molar-refractivity contribution in [3.8, 4) is 11.8 Å². The first-order valence-corrected chi connectivity index (χ1v) is 7.36. The average molecular weight is 268 g/mol. The SMILES string of the molecule is NCC#Cc1ccccc1NC(=O)C1CC2CCC1C2. The fraction of sp³-hybridized carbons (Fsp3) is 0.471. The van der Waals surface area contributed by atoms with E-state index in [9.17, 15) is 4.79 Å². The van der Waals surface area contributed by atoms with Crippen LogP contribution in [0.2, 0.25) is 0 Å². The van der Waals surface area contributed by atoms with E-state index in [1.54, 1.807) is 0 Å². The van der Waals surface area contributed by atoms with E-state index >= 15 is 0 Å². The van der Waals surface area contributed by atoms with Crippen molar-refractivity contribution in [2.24, 2.45) is 23.5 Å². The molecule has 2 saturated carbocycles. The minimum Gasteiger partial charge on any atom is -0.325 e. The van der Waals surface area contributed by atoms with Gasteiger partial charge >= 0.3 is 0 Å². The van der Waals surface area contributed by atoms with E-state index in [0.29, 0.717) is 12.5 Å². The van der Waals surface area contributed by atoms with Gasteiger partial charge in [0.2, 0.25) is 5.91 Å². The van der Waals surface area contributed by atoms with Crippen LogP contribution >= 0.6 is 0 Å². The normalized spacial score (nSPS) is 26.9. The Morgan fingerprint density at radius 1 is 1.30 bits per heavy atom. The van der Waals surface area contributed by atoms with Gasteiger partial charge in [-0.05, 0) is 43.2 Å². The molecule has 1 aromatic rings. The maximum Gasteiger partial charge on any atom is 0.227 e. The molecule has 3 rings (SSSR count). The molecule has 3 heteroatoms. The molecular formula is C17H20N2O. The molecule has 1 aromatic carbocycles. The molecule has 3 nitrogen and oxygen atoms in total. The minimum absolute atomic E-state index is 0.166. The van der Waals surface area contributed by atoms with E-state index in [1.807, 2.05) is 24.3 Å². The van der Waals surface area contributed by atoms with Gasteiger partial charge < -0.3 is 11.1 Å². The highest BCUT2D eigenvalue weighted by atomic mass is 16.1. The average Bonchev–Trinajstić information content (AvgIpc) is 3.09. The first kappa shape index (κ1) is 13.2. The Bertz CT molecular complexity index is 570. The van der Waals surface area contributed by atoms with Gasteiger partial charge in [0, 0.05) is 11.5 Å². The van der Waals surface area contributed by atoms with E-state index in [4.69, 9.17) is 5.73 Å². The van der Waals surface area contributed by atoms with Crippen molar-refractivity contribution < 1.29 is 4.79 Å². The number of amides is 1. The summed E-state index contributed by atoms with van der Waals surface area (Å²) in [6, 6.07) is 7.67. The van der Waals surface area contributed by atoms with Gasteiger partial charge in [0.1, 0.15) is 0 Å². The van der Waals surface area contributed by atoms with Crippen LogP contribution < -0.4 is 11.1 Å². The molecule has 3 atom stereocenters. The van der Waals surface area contributed by atoms with Crippen molar-refractivity contribution in [3.05, 3.63) is 29.8 Å². The molecule has 2 bridgehead atoms. The standard InChI is InChI=1S/C17H20N2O/c18-9-3-5-13-4-1-2-6-16(13)19-17(20)15-11-12-7-8-14(15)10-12/h1-2,4,6,12,14-15H,7-11,18H2,(H,19,20). The molecule has 2 aliphatic rings. The number of nitrogens with two attached hydrogens (primary N) is 1. The highest BCUT2D eigenvalue weighted by Crippen LogP contribution is 2.48. The van der Waals surface area contributed by atoms with Crippen LogP contribution in [0.25, 0.3) is 0 Å². The second kappa shape index (κ2) is 5.68. The van der Waals surface area contributed by atoms with Crippen molar-refractivity contribution in [2.75, 3.05) is 11.9 Å². The third kappa shape index (κ3) is 2.57. The molecule has 2 fully saturated rings. The van der Waals surface area contributed by atoms with Crippen LogP contribution in [0.4, 0.5) is 5.69 Å². The molecule has 0 aliphatic heterocycles. The van der Waals surface area contributed by atoms with E-state index in [1.165, 1.54) is 19.3 Å². The number of carbonyl (C=O) groups is 1. The minimum atomic E-state index is 0.166. The lowest BCUT2D eigenvalue weighted by Crippen LogP contribution is -2.27. The van der Waals surface area contributed by atoms with Crippen LogP contribution in [-0.2, 0) is 4.79 Å². The second-order valence-electron chi connectivity index (χ2n) is 5.82. The summed E-state index contributed by atoms with van der Waals surface area (Å²) in [6.45, 7) is 0.328. The third-order valence-corrected chi connectivity index (χ3v) is 4.58. The predicted molar refractivity (Wildman–Crippen MR) is 79.9 cm³/mol. The van der Waals surface area contributed by atoms with Crippen LogP contribution in [0.3, 0.4) is 0 Å². The molecule has 0 spiro atoms. The van der Waals surface area contributed by atoms with Crippen LogP contribution in [0, 0.1) is 29.6 Å². The summed E-state index contributed by atoms with van der Waals surface area (Å²) in [5.74, 6) is 7.60. The summed E-state index contributed by atoms with van der Waals surface area (Å²) in [5, 5.41) is 3.06. The highest BCUT2D eigenvalue weighted by Gasteiger charge is 2.43. The van der Waals surface area contributed by atoms with Crippen molar-refractivity contribution >= 4 is 11.6 Å². The summed E-state index contributed by atoms with van der Waals surface area (Å²) < 4.78 is 0. The Hall–Kier alpha value is -1.79. The zero-order valence-corrected chi connectivity index (χ0v) is 11.6. The maximum absolute atomic E-state index is 12.4. The number of rotatable bonds is 2. The number of hydrogen-bond donors (Lipinski definition) is 2. The van der Waals surface area contributed by atoms with Gasteiger partial charge in [0.25, 0.3) is 0 Å². The van der Waals surface area contributed by atoms with E-state index in [0.717, 1.165) is 23.6 Å². The monoisotopic (exact) mass is 268 g/mol. The zero-order valence-electron chi connectivity index (χ0n) is 11.6. The van der Waals surface area contributed by atoms with Crippen LogP contribution in [-0.4, -0.2) is 12.5 Å². The van der Waals surface area contributed by atoms with E-state index in [-0.39, 0.29) is 11.8 Å². The predicted octanol–water partition coefficient (Wildman–Crippen LogP) is 2.37. The Labute approximate surface area is 119 Å². The summed E-state index contributed by atoms with van der Waals surface area (Å²) in [7, 11) is 0. The Morgan fingerprint density at radius 3 is 2.85 bits per heavy atom. The van der Waals surface area contributed by atoms with Crippen molar-refractivity contribution in [1.29, 1.82) is 0 Å².